The fraction of sp³-hybridized carbons (Fsp3) is 0.406. The maximum atomic E-state index is 13.7. The lowest BCUT2D eigenvalue weighted by molar-refractivity contribution is 0.0644. The molecule has 1 heterocycles. The van der Waals surface area contributed by atoms with E-state index in [1.54, 1.807) is 24.3 Å². The molecule has 1 fully saturated rings. The van der Waals surface area contributed by atoms with Crippen LogP contribution in [-0.2, 0) is 25.9 Å². The van der Waals surface area contributed by atoms with Crippen LogP contribution in [0, 0.1) is 11.7 Å². The van der Waals surface area contributed by atoms with Crippen LogP contribution in [0.3, 0.4) is 0 Å². The lowest BCUT2D eigenvalue weighted by Gasteiger charge is -2.30. The van der Waals surface area contributed by atoms with E-state index in [0.717, 1.165) is 16.7 Å². The van der Waals surface area contributed by atoms with E-state index in [9.17, 15) is 22.7 Å². The molecule has 3 atom stereocenters. The summed E-state index contributed by atoms with van der Waals surface area (Å²) in [5.74, 6) is 0.174. The van der Waals surface area contributed by atoms with E-state index in [0.29, 0.717) is 25.4 Å². The minimum atomic E-state index is -3.98. The second-order valence-electron chi connectivity index (χ2n) is 11.0. The normalized spacial score (nSPS) is 16.7. The van der Waals surface area contributed by atoms with Crippen molar-refractivity contribution in [3.05, 3.63) is 84.2 Å². The van der Waals surface area contributed by atoms with Gasteiger partial charge < -0.3 is 24.6 Å². The van der Waals surface area contributed by atoms with Crippen molar-refractivity contribution in [2.45, 2.75) is 49.8 Å². The zero-order valence-corrected chi connectivity index (χ0v) is 25.4. The Morgan fingerprint density at radius 3 is 2.21 bits per heavy atom. The summed E-state index contributed by atoms with van der Waals surface area (Å²) in [5.41, 5.74) is 2.52. The Hall–Kier alpha value is -3.51. The number of hydrogen-bond donors (Lipinski definition) is 2. The summed E-state index contributed by atoms with van der Waals surface area (Å²) in [6.45, 7) is 4.49. The van der Waals surface area contributed by atoms with E-state index in [-0.39, 0.29) is 42.2 Å². The number of aliphatic hydroxyl groups is 1. The third kappa shape index (κ3) is 8.99. The van der Waals surface area contributed by atoms with Gasteiger partial charge in [0.05, 0.1) is 37.4 Å². The molecule has 3 aromatic rings. The van der Waals surface area contributed by atoms with Crippen LogP contribution in [-0.4, -0.2) is 75.6 Å². The van der Waals surface area contributed by atoms with Crippen LogP contribution >= 0.6 is 0 Å². The van der Waals surface area contributed by atoms with Crippen molar-refractivity contribution in [2.75, 3.05) is 33.4 Å². The molecule has 0 spiro atoms. The molecule has 1 aliphatic heterocycles. The minimum Gasteiger partial charge on any atom is -0.497 e. The topological polar surface area (TPSA) is 114 Å². The Balaban J connectivity index is 1.55. The van der Waals surface area contributed by atoms with E-state index in [1.165, 1.54) is 35.7 Å². The van der Waals surface area contributed by atoms with Crippen molar-refractivity contribution in [1.82, 2.24) is 9.62 Å². The number of carbonyl (C=O) groups is 1. The smallest absolute Gasteiger partial charge is 0.407 e. The number of rotatable bonds is 13. The highest BCUT2D eigenvalue weighted by Gasteiger charge is 2.32. The van der Waals surface area contributed by atoms with Crippen molar-refractivity contribution in [2.24, 2.45) is 5.92 Å². The maximum Gasteiger partial charge on any atom is 0.407 e. The molecule has 2 N–H and O–H groups in total. The molecule has 0 saturated carbocycles. The Labute approximate surface area is 252 Å². The first-order valence-corrected chi connectivity index (χ1v) is 15.7. The number of methoxy groups -OCH3 is 1. The molecule has 11 heteroatoms. The summed E-state index contributed by atoms with van der Waals surface area (Å²) in [6, 6.07) is 18.8. The summed E-state index contributed by atoms with van der Waals surface area (Å²) in [4.78, 5) is 12.9. The number of aliphatic hydroxyl groups excluding tert-OH is 1. The molecule has 232 valence electrons. The first-order chi connectivity index (χ1) is 20.5. The van der Waals surface area contributed by atoms with Crippen molar-refractivity contribution >= 4 is 16.1 Å². The average molecular weight is 615 g/mol. The van der Waals surface area contributed by atoms with E-state index in [1.807, 2.05) is 38.1 Å². The minimum absolute atomic E-state index is 0.0297. The van der Waals surface area contributed by atoms with Crippen LogP contribution in [0.5, 0.6) is 5.75 Å². The Kier molecular flexibility index (Phi) is 11.1. The first kappa shape index (κ1) is 32.4. The molecule has 0 radical (unpaired) electrons. The summed E-state index contributed by atoms with van der Waals surface area (Å²) in [5, 5.41) is 14.2. The van der Waals surface area contributed by atoms with E-state index < -0.39 is 28.3 Å². The van der Waals surface area contributed by atoms with E-state index >= 15 is 0 Å². The molecule has 1 aliphatic rings. The standard InChI is InChI=1S/C32H39FN2O7S/c1-22(2)19-35(43(38,39)29-14-12-27(40-3)13-15-29)20-31(36)30(34-32(37)42-28-16-17-41-21-28)18-23-4-6-24(7-5-23)25-8-10-26(33)11-9-25/h4-15,22,28,30-31,36H,16-21H2,1-3H3,(H,34,37)/t28-,30-,31+/m0/s1. The van der Waals surface area contributed by atoms with Crippen LogP contribution in [0.4, 0.5) is 9.18 Å². The summed E-state index contributed by atoms with van der Waals surface area (Å²) in [7, 11) is -2.48. The number of sulfonamides is 1. The van der Waals surface area contributed by atoms with Gasteiger partial charge >= 0.3 is 6.09 Å². The molecule has 9 nitrogen and oxygen atoms in total. The summed E-state index contributed by atoms with van der Waals surface area (Å²) in [6.07, 6.45) is -1.58. The molecule has 0 aliphatic carbocycles. The average Bonchev–Trinajstić information content (AvgIpc) is 3.50. The quantitative estimate of drug-likeness (QED) is 0.289. The van der Waals surface area contributed by atoms with E-state index in [2.05, 4.69) is 5.32 Å². The van der Waals surface area contributed by atoms with Crippen molar-refractivity contribution in [3.8, 4) is 16.9 Å². The second-order valence-corrected chi connectivity index (χ2v) is 12.9. The largest absolute Gasteiger partial charge is 0.497 e. The zero-order valence-electron chi connectivity index (χ0n) is 24.6. The van der Waals surface area contributed by atoms with Gasteiger partial charge in [-0.1, -0.05) is 50.2 Å². The van der Waals surface area contributed by atoms with Gasteiger partial charge in [-0.05, 0) is 65.4 Å². The number of hydrogen-bond acceptors (Lipinski definition) is 7. The van der Waals surface area contributed by atoms with Crippen LogP contribution in [0.15, 0.2) is 77.7 Å². The fourth-order valence-corrected chi connectivity index (χ4v) is 6.49. The van der Waals surface area contributed by atoms with Gasteiger partial charge in [-0.3, -0.25) is 0 Å². The van der Waals surface area contributed by atoms with Gasteiger partial charge in [0.1, 0.15) is 17.7 Å². The number of carbonyl (C=O) groups excluding carboxylic acids is 1. The number of amides is 1. The van der Waals surface area contributed by atoms with Gasteiger partial charge in [0.25, 0.3) is 0 Å². The molecule has 0 unspecified atom stereocenters. The highest BCUT2D eigenvalue weighted by Crippen LogP contribution is 2.23. The molecular weight excluding hydrogens is 575 g/mol. The Bertz CT molecular complexity index is 1430. The Morgan fingerprint density at radius 2 is 1.65 bits per heavy atom. The molecule has 1 saturated heterocycles. The predicted octanol–water partition coefficient (Wildman–Crippen LogP) is 4.64. The molecule has 4 rings (SSSR count). The van der Waals surface area contributed by atoms with Crippen molar-refractivity contribution in [3.63, 3.8) is 0 Å². The van der Waals surface area contributed by atoms with Gasteiger partial charge in [-0.2, -0.15) is 4.31 Å². The highest BCUT2D eigenvalue weighted by molar-refractivity contribution is 7.89. The number of alkyl carbamates (subject to hydrolysis) is 1. The third-order valence-electron chi connectivity index (χ3n) is 7.17. The van der Waals surface area contributed by atoms with Crippen molar-refractivity contribution in [1.29, 1.82) is 0 Å². The van der Waals surface area contributed by atoms with Gasteiger partial charge in [-0.15, -0.1) is 0 Å². The zero-order chi connectivity index (χ0) is 31.0. The monoisotopic (exact) mass is 614 g/mol. The molecule has 1 amide bonds. The number of benzene rings is 3. The molecule has 43 heavy (non-hydrogen) atoms. The van der Waals surface area contributed by atoms with Crippen LogP contribution in [0.2, 0.25) is 0 Å². The number of nitrogens with zero attached hydrogens (tertiary/aromatic N) is 1. The molecular formula is C32H39FN2O7S. The molecule has 0 bridgehead atoms. The predicted molar refractivity (Wildman–Crippen MR) is 161 cm³/mol. The van der Waals surface area contributed by atoms with Gasteiger partial charge in [0.2, 0.25) is 10.0 Å². The lowest BCUT2D eigenvalue weighted by Crippen LogP contribution is -2.51. The highest BCUT2D eigenvalue weighted by atomic mass is 32.2. The first-order valence-electron chi connectivity index (χ1n) is 14.3. The maximum absolute atomic E-state index is 13.7. The number of ether oxygens (including phenoxy) is 3. The van der Waals surface area contributed by atoms with Crippen LogP contribution in [0.1, 0.15) is 25.8 Å². The molecule has 3 aromatic carbocycles. The van der Waals surface area contributed by atoms with E-state index in [4.69, 9.17) is 14.2 Å². The van der Waals surface area contributed by atoms with Crippen LogP contribution in [0.25, 0.3) is 11.1 Å². The van der Waals surface area contributed by atoms with Crippen LogP contribution < -0.4 is 10.1 Å². The third-order valence-corrected chi connectivity index (χ3v) is 9.02. The van der Waals surface area contributed by atoms with Crippen molar-refractivity contribution < 1.29 is 36.9 Å². The van der Waals surface area contributed by atoms with Gasteiger partial charge in [0, 0.05) is 19.5 Å². The van der Waals surface area contributed by atoms with Gasteiger partial charge in [-0.25, -0.2) is 17.6 Å². The molecule has 0 aromatic heterocycles. The SMILES string of the molecule is COc1ccc(S(=O)(=O)N(CC(C)C)C[C@@H](O)[C@H](Cc2ccc(-c3ccc(F)cc3)cc2)NC(=O)O[C@H]2CCOC2)cc1. The Morgan fingerprint density at radius 1 is 1.02 bits per heavy atom. The fourth-order valence-electron chi connectivity index (χ4n) is 4.87. The second kappa shape index (κ2) is 14.8. The summed E-state index contributed by atoms with van der Waals surface area (Å²) >= 11 is 0. The van der Waals surface area contributed by atoms with Gasteiger partial charge in [0.15, 0.2) is 0 Å². The number of halogens is 1. The lowest BCUT2D eigenvalue weighted by atomic mass is 9.98. The summed E-state index contributed by atoms with van der Waals surface area (Å²) < 4.78 is 57.8. The number of nitrogens with one attached hydrogen (secondary N) is 1.